The number of aryl methyl sites for hydroxylation is 2. The van der Waals surface area contributed by atoms with Gasteiger partial charge in [0.05, 0.1) is 13.0 Å². The molecule has 1 aromatic rings. The number of carbonyl (C=O) groups excluding carboxylic acids is 1. The van der Waals surface area contributed by atoms with Crippen molar-refractivity contribution in [2.75, 3.05) is 33.4 Å². The number of ether oxygens (including phenoxy) is 2. The molecule has 0 aliphatic rings. The number of esters is 1. The predicted octanol–water partition coefficient (Wildman–Crippen LogP) is 2.48. The van der Waals surface area contributed by atoms with E-state index in [-0.39, 0.29) is 18.5 Å². The Morgan fingerprint density at radius 2 is 1.83 bits per heavy atom. The van der Waals surface area contributed by atoms with Gasteiger partial charge in [-0.2, -0.15) is 0 Å². The molecule has 0 radical (unpaired) electrons. The summed E-state index contributed by atoms with van der Waals surface area (Å²) in [7, 11) is 1.39. The summed E-state index contributed by atoms with van der Waals surface area (Å²) in [4.78, 5) is 13.6. The Labute approximate surface area is 145 Å². The number of hydrogen-bond acceptors (Lipinski definition) is 5. The molecule has 2 atom stereocenters. The molecule has 2 unspecified atom stereocenters. The summed E-state index contributed by atoms with van der Waals surface area (Å²) in [5, 5.41) is 10.3. The minimum Gasteiger partial charge on any atom is -0.490 e. The van der Waals surface area contributed by atoms with Crippen LogP contribution in [0.5, 0.6) is 5.75 Å². The summed E-state index contributed by atoms with van der Waals surface area (Å²) < 4.78 is 10.6. The van der Waals surface area contributed by atoms with E-state index in [2.05, 4.69) is 6.07 Å². The maximum absolute atomic E-state index is 11.5. The molecule has 1 rings (SSSR count). The van der Waals surface area contributed by atoms with Gasteiger partial charge in [-0.3, -0.25) is 4.79 Å². The van der Waals surface area contributed by atoms with Gasteiger partial charge in [-0.15, -0.1) is 0 Å². The van der Waals surface area contributed by atoms with Crippen molar-refractivity contribution in [3.8, 4) is 5.75 Å². The molecule has 1 N–H and O–H groups in total. The highest BCUT2D eigenvalue weighted by molar-refractivity contribution is 5.72. The fourth-order valence-electron chi connectivity index (χ4n) is 2.67. The zero-order chi connectivity index (χ0) is 18.3. The maximum Gasteiger partial charge on any atom is 0.309 e. The largest absolute Gasteiger partial charge is 0.490 e. The van der Waals surface area contributed by atoms with E-state index in [1.54, 1.807) is 0 Å². The van der Waals surface area contributed by atoms with E-state index in [1.165, 1.54) is 12.7 Å². The number of rotatable bonds is 9. The standard InChI is InChI=1S/C19H31NO4/c1-7-20(10-15(4)19(22)23-6)11-17(21)12-24-18-14(3)9-8-13(2)16(18)5/h8-9,15,17,21H,7,10-12H2,1-6H3. The fraction of sp³-hybridized carbons (Fsp3) is 0.632. The summed E-state index contributed by atoms with van der Waals surface area (Å²) in [6.07, 6.45) is -0.617. The molecular weight excluding hydrogens is 306 g/mol. The summed E-state index contributed by atoms with van der Waals surface area (Å²) in [5.41, 5.74) is 3.35. The zero-order valence-corrected chi connectivity index (χ0v) is 15.8. The SMILES string of the molecule is CCN(CC(O)COc1c(C)ccc(C)c1C)CC(C)C(=O)OC. The van der Waals surface area contributed by atoms with Gasteiger partial charge in [0.1, 0.15) is 18.5 Å². The number of aliphatic hydroxyl groups excluding tert-OH is 1. The normalized spacial score (nSPS) is 13.7. The monoisotopic (exact) mass is 337 g/mol. The van der Waals surface area contributed by atoms with Crippen LogP contribution >= 0.6 is 0 Å². The molecular formula is C19H31NO4. The smallest absolute Gasteiger partial charge is 0.309 e. The van der Waals surface area contributed by atoms with Gasteiger partial charge < -0.3 is 19.5 Å². The Kier molecular flexibility index (Phi) is 8.22. The van der Waals surface area contributed by atoms with E-state index in [1.807, 2.05) is 45.6 Å². The quantitative estimate of drug-likeness (QED) is 0.702. The molecule has 0 aliphatic heterocycles. The van der Waals surface area contributed by atoms with Gasteiger partial charge in [0.15, 0.2) is 0 Å². The molecule has 1 aromatic carbocycles. The Hall–Kier alpha value is -1.59. The average Bonchev–Trinajstić information content (AvgIpc) is 2.56. The van der Waals surface area contributed by atoms with Gasteiger partial charge in [0.25, 0.3) is 0 Å². The predicted molar refractivity (Wildman–Crippen MR) is 95.4 cm³/mol. The van der Waals surface area contributed by atoms with Crippen molar-refractivity contribution < 1.29 is 19.4 Å². The first kappa shape index (κ1) is 20.5. The lowest BCUT2D eigenvalue weighted by molar-refractivity contribution is -0.145. The first-order valence-electron chi connectivity index (χ1n) is 8.47. The molecule has 0 saturated carbocycles. The Morgan fingerprint density at radius 1 is 1.21 bits per heavy atom. The minimum atomic E-state index is -0.617. The topological polar surface area (TPSA) is 59.0 Å². The van der Waals surface area contributed by atoms with Crippen LogP contribution in [0.25, 0.3) is 0 Å². The molecule has 5 nitrogen and oxygen atoms in total. The number of aliphatic hydroxyl groups is 1. The van der Waals surface area contributed by atoms with Crippen molar-refractivity contribution in [2.45, 2.75) is 40.7 Å². The van der Waals surface area contributed by atoms with E-state index in [4.69, 9.17) is 9.47 Å². The van der Waals surface area contributed by atoms with E-state index in [0.717, 1.165) is 23.4 Å². The molecule has 136 valence electrons. The first-order valence-corrected chi connectivity index (χ1v) is 8.47. The van der Waals surface area contributed by atoms with Crippen LogP contribution < -0.4 is 4.74 Å². The molecule has 0 spiro atoms. The van der Waals surface area contributed by atoms with Crippen LogP contribution in [-0.2, 0) is 9.53 Å². The molecule has 0 bridgehead atoms. The Morgan fingerprint density at radius 3 is 2.42 bits per heavy atom. The fourth-order valence-corrected chi connectivity index (χ4v) is 2.67. The second kappa shape index (κ2) is 9.64. The van der Waals surface area contributed by atoms with Crippen molar-refractivity contribution >= 4 is 5.97 Å². The summed E-state index contributed by atoms with van der Waals surface area (Å²) in [6.45, 7) is 11.9. The van der Waals surface area contributed by atoms with Crippen LogP contribution in [0.1, 0.15) is 30.5 Å². The lowest BCUT2D eigenvalue weighted by atomic mass is 10.1. The second-order valence-corrected chi connectivity index (χ2v) is 6.39. The van der Waals surface area contributed by atoms with Crippen LogP contribution in [0.15, 0.2) is 12.1 Å². The van der Waals surface area contributed by atoms with Crippen LogP contribution in [0.4, 0.5) is 0 Å². The van der Waals surface area contributed by atoms with Crippen molar-refractivity contribution in [1.82, 2.24) is 4.90 Å². The van der Waals surface area contributed by atoms with Gasteiger partial charge in [-0.25, -0.2) is 0 Å². The summed E-state index contributed by atoms with van der Waals surface area (Å²) in [5.74, 6) is 0.398. The maximum atomic E-state index is 11.5. The lowest BCUT2D eigenvalue weighted by Crippen LogP contribution is -2.39. The third kappa shape index (κ3) is 5.80. The number of carbonyl (C=O) groups is 1. The third-order valence-electron chi connectivity index (χ3n) is 4.35. The molecule has 0 aromatic heterocycles. The van der Waals surface area contributed by atoms with Gasteiger partial charge in [0.2, 0.25) is 0 Å². The number of nitrogens with zero attached hydrogens (tertiary/aromatic N) is 1. The van der Waals surface area contributed by atoms with Crippen LogP contribution in [-0.4, -0.2) is 55.4 Å². The highest BCUT2D eigenvalue weighted by Crippen LogP contribution is 2.25. The lowest BCUT2D eigenvalue weighted by Gasteiger charge is -2.26. The average molecular weight is 337 g/mol. The number of benzene rings is 1. The van der Waals surface area contributed by atoms with E-state index in [9.17, 15) is 9.90 Å². The van der Waals surface area contributed by atoms with Gasteiger partial charge in [-0.05, 0) is 44.0 Å². The molecule has 5 heteroatoms. The van der Waals surface area contributed by atoms with Crippen LogP contribution in [0.2, 0.25) is 0 Å². The molecule has 24 heavy (non-hydrogen) atoms. The molecule has 0 aliphatic carbocycles. The van der Waals surface area contributed by atoms with Crippen molar-refractivity contribution in [3.63, 3.8) is 0 Å². The second-order valence-electron chi connectivity index (χ2n) is 6.39. The zero-order valence-electron chi connectivity index (χ0n) is 15.8. The van der Waals surface area contributed by atoms with Gasteiger partial charge in [0, 0.05) is 13.1 Å². The van der Waals surface area contributed by atoms with Crippen molar-refractivity contribution in [1.29, 1.82) is 0 Å². The molecule has 0 saturated heterocycles. The van der Waals surface area contributed by atoms with E-state index < -0.39 is 6.10 Å². The Balaban J connectivity index is 2.57. The van der Waals surface area contributed by atoms with E-state index >= 15 is 0 Å². The van der Waals surface area contributed by atoms with Gasteiger partial charge in [-0.1, -0.05) is 26.0 Å². The minimum absolute atomic E-state index is 0.218. The Bertz CT molecular complexity index is 544. The molecule has 0 fully saturated rings. The van der Waals surface area contributed by atoms with Gasteiger partial charge >= 0.3 is 5.97 Å². The van der Waals surface area contributed by atoms with Crippen molar-refractivity contribution in [3.05, 3.63) is 28.8 Å². The summed E-state index contributed by atoms with van der Waals surface area (Å²) >= 11 is 0. The van der Waals surface area contributed by atoms with E-state index in [0.29, 0.717) is 13.1 Å². The first-order chi connectivity index (χ1) is 11.3. The molecule has 0 amide bonds. The van der Waals surface area contributed by atoms with Crippen molar-refractivity contribution in [2.24, 2.45) is 5.92 Å². The highest BCUT2D eigenvalue weighted by Gasteiger charge is 2.19. The van der Waals surface area contributed by atoms with Crippen LogP contribution in [0.3, 0.4) is 0 Å². The number of hydrogen-bond donors (Lipinski definition) is 1. The highest BCUT2D eigenvalue weighted by atomic mass is 16.5. The number of methoxy groups -OCH3 is 1. The van der Waals surface area contributed by atoms with Crippen LogP contribution in [0, 0.1) is 26.7 Å². The molecule has 0 heterocycles. The number of likely N-dealkylation sites (N-methyl/N-ethyl adjacent to an activating group) is 1. The summed E-state index contributed by atoms with van der Waals surface area (Å²) in [6, 6.07) is 4.10. The third-order valence-corrected chi connectivity index (χ3v) is 4.35.